The lowest BCUT2D eigenvalue weighted by molar-refractivity contribution is -0.145. The largest absolute Gasteiger partial charge is 0.493 e. The van der Waals surface area contributed by atoms with Crippen LogP contribution in [-0.4, -0.2) is 29.9 Å². The van der Waals surface area contributed by atoms with Gasteiger partial charge in [-0.2, -0.15) is 0 Å². The number of rotatable bonds is 6. The number of hydrogen-bond donors (Lipinski definition) is 1. The monoisotopic (exact) mass is 392 g/mol. The summed E-state index contributed by atoms with van der Waals surface area (Å²) in [5.74, 6) is 0.989. The third kappa shape index (κ3) is 3.44. The first kappa shape index (κ1) is 18.7. The molecule has 0 radical (unpaired) electrons. The Morgan fingerprint density at radius 2 is 2.10 bits per heavy atom. The van der Waals surface area contributed by atoms with E-state index in [-0.39, 0.29) is 12.5 Å². The fourth-order valence-electron chi connectivity index (χ4n) is 4.90. The van der Waals surface area contributed by atoms with Crippen molar-refractivity contribution in [2.75, 3.05) is 13.2 Å². The molecule has 4 nitrogen and oxygen atoms in total. The van der Waals surface area contributed by atoms with E-state index in [0.717, 1.165) is 31.6 Å². The van der Waals surface area contributed by atoms with E-state index in [1.54, 1.807) is 0 Å². The highest BCUT2D eigenvalue weighted by Crippen LogP contribution is 2.59. The average molecular weight is 392 g/mol. The van der Waals surface area contributed by atoms with Crippen LogP contribution in [0.1, 0.15) is 66.7 Å². The van der Waals surface area contributed by atoms with Crippen LogP contribution in [0.25, 0.3) is 11.1 Å². The van der Waals surface area contributed by atoms with Crippen LogP contribution in [0.3, 0.4) is 0 Å². The molecule has 0 bridgehead atoms. The lowest BCUT2D eigenvalue weighted by Gasteiger charge is -2.22. The topological polar surface area (TPSA) is 55.8 Å². The SMILES string of the molecule is Cc1ccc(C2CC2)c(-c2ccc3c(c2)CCCO3)c1C1CC1(C)OCC(=O)O. The minimum Gasteiger partial charge on any atom is -0.493 e. The molecule has 2 aromatic rings. The zero-order chi connectivity index (χ0) is 20.2. The average Bonchev–Trinajstić information content (AvgIpc) is 3.63. The van der Waals surface area contributed by atoms with E-state index < -0.39 is 11.6 Å². The summed E-state index contributed by atoms with van der Waals surface area (Å²) >= 11 is 0. The lowest BCUT2D eigenvalue weighted by Crippen LogP contribution is -2.18. The Hall–Kier alpha value is -2.33. The van der Waals surface area contributed by atoms with Crippen LogP contribution in [0.2, 0.25) is 0 Å². The van der Waals surface area contributed by atoms with Gasteiger partial charge in [0.25, 0.3) is 0 Å². The molecule has 1 heterocycles. The van der Waals surface area contributed by atoms with Crippen molar-refractivity contribution in [2.24, 2.45) is 0 Å². The van der Waals surface area contributed by atoms with Gasteiger partial charge in [-0.05, 0) is 97.4 Å². The molecule has 4 heteroatoms. The zero-order valence-corrected chi connectivity index (χ0v) is 17.2. The Morgan fingerprint density at radius 1 is 1.28 bits per heavy atom. The Kier molecular flexibility index (Phi) is 4.43. The fraction of sp³-hybridized carbons (Fsp3) is 0.480. The van der Waals surface area contributed by atoms with Crippen LogP contribution in [0, 0.1) is 6.92 Å². The lowest BCUT2D eigenvalue weighted by atomic mass is 9.85. The van der Waals surface area contributed by atoms with Crippen molar-refractivity contribution < 1.29 is 19.4 Å². The molecule has 2 unspecified atom stereocenters. The van der Waals surface area contributed by atoms with E-state index in [9.17, 15) is 4.79 Å². The summed E-state index contributed by atoms with van der Waals surface area (Å²) in [5, 5.41) is 9.05. The van der Waals surface area contributed by atoms with Crippen LogP contribution in [0.5, 0.6) is 5.75 Å². The minimum atomic E-state index is -0.907. The van der Waals surface area contributed by atoms with Gasteiger partial charge in [0.15, 0.2) is 0 Å². The molecule has 0 spiro atoms. The predicted molar refractivity (Wildman–Crippen MR) is 112 cm³/mol. The summed E-state index contributed by atoms with van der Waals surface area (Å²) in [6.07, 6.45) is 5.50. The van der Waals surface area contributed by atoms with Gasteiger partial charge in [0.05, 0.1) is 12.2 Å². The van der Waals surface area contributed by atoms with Gasteiger partial charge < -0.3 is 14.6 Å². The molecule has 2 saturated carbocycles. The van der Waals surface area contributed by atoms with Gasteiger partial charge in [0, 0.05) is 5.92 Å². The van der Waals surface area contributed by atoms with Gasteiger partial charge in [-0.3, -0.25) is 0 Å². The molecule has 3 aliphatic rings. The van der Waals surface area contributed by atoms with Crippen molar-refractivity contribution in [3.63, 3.8) is 0 Å². The standard InChI is InChI=1S/C25H28O4/c1-15-5-9-19(16-6-7-16)24(18-8-10-21-17(12-18)4-3-11-28-21)23(15)20-13-25(20,2)29-14-22(26)27/h5,8-10,12,16,20H,3-4,6-7,11,13-14H2,1-2H3,(H,26,27). The van der Waals surface area contributed by atoms with Crippen LogP contribution < -0.4 is 4.74 Å². The van der Waals surface area contributed by atoms with Crippen LogP contribution >= 0.6 is 0 Å². The molecule has 5 rings (SSSR count). The van der Waals surface area contributed by atoms with Crippen LogP contribution in [0.15, 0.2) is 30.3 Å². The first-order valence-electron chi connectivity index (χ1n) is 10.7. The van der Waals surface area contributed by atoms with Gasteiger partial charge in [0.2, 0.25) is 0 Å². The minimum absolute atomic E-state index is 0.236. The summed E-state index contributed by atoms with van der Waals surface area (Å²) in [4.78, 5) is 11.0. The molecular weight excluding hydrogens is 364 g/mol. The number of aryl methyl sites for hydroxylation is 2. The van der Waals surface area contributed by atoms with Crippen molar-refractivity contribution in [1.82, 2.24) is 0 Å². The van der Waals surface area contributed by atoms with Crippen molar-refractivity contribution in [1.29, 1.82) is 0 Å². The van der Waals surface area contributed by atoms with E-state index in [2.05, 4.69) is 37.3 Å². The van der Waals surface area contributed by atoms with Gasteiger partial charge in [0.1, 0.15) is 12.4 Å². The number of ether oxygens (including phenoxy) is 2. The van der Waals surface area contributed by atoms with Crippen molar-refractivity contribution in [3.05, 3.63) is 52.6 Å². The summed E-state index contributed by atoms with van der Waals surface area (Å²) in [5.41, 5.74) is 7.58. The molecule has 152 valence electrons. The van der Waals surface area contributed by atoms with Crippen molar-refractivity contribution in [2.45, 2.75) is 63.4 Å². The van der Waals surface area contributed by atoms with Gasteiger partial charge in [-0.15, -0.1) is 0 Å². The highest BCUT2D eigenvalue weighted by atomic mass is 16.5. The molecular formula is C25H28O4. The zero-order valence-electron chi connectivity index (χ0n) is 17.2. The Balaban J connectivity index is 1.59. The molecule has 2 aromatic carbocycles. The third-order valence-corrected chi connectivity index (χ3v) is 6.77. The van der Waals surface area contributed by atoms with E-state index in [1.807, 2.05) is 6.92 Å². The first-order valence-corrected chi connectivity index (χ1v) is 10.7. The highest BCUT2D eigenvalue weighted by molar-refractivity contribution is 5.77. The summed E-state index contributed by atoms with van der Waals surface area (Å²) in [6, 6.07) is 11.2. The molecule has 1 aliphatic heterocycles. The van der Waals surface area contributed by atoms with Gasteiger partial charge in [-0.1, -0.05) is 18.2 Å². The molecule has 2 aliphatic carbocycles. The molecule has 0 amide bonds. The molecule has 0 saturated heterocycles. The van der Waals surface area contributed by atoms with E-state index in [4.69, 9.17) is 14.6 Å². The van der Waals surface area contributed by atoms with E-state index in [1.165, 1.54) is 46.2 Å². The number of carboxylic acid groups (broad SMARTS) is 1. The van der Waals surface area contributed by atoms with Crippen molar-refractivity contribution >= 4 is 5.97 Å². The smallest absolute Gasteiger partial charge is 0.329 e. The molecule has 1 N–H and O–H groups in total. The number of aliphatic carboxylic acids is 1. The summed E-state index contributed by atoms with van der Waals surface area (Å²) in [7, 11) is 0. The molecule has 2 fully saturated rings. The summed E-state index contributed by atoms with van der Waals surface area (Å²) in [6.45, 7) is 4.79. The second-order valence-electron chi connectivity index (χ2n) is 9.06. The van der Waals surface area contributed by atoms with Crippen LogP contribution in [-0.2, 0) is 16.0 Å². The van der Waals surface area contributed by atoms with E-state index >= 15 is 0 Å². The van der Waals surface area contributed by atoms with Gasteiger partial charge in [-0.25, -0.2) is 4.79 Å². The van der Waals surface area contributed by atoms with Crippen LogP contribution in [0.4, 0.5) is 0 Å². The number of carboxylic acids is 1. The number of benzene rings is 2. The van der Waals surface area contributed by atoms with Crippen molar-refractivity contribution in [3.8, 4) is 16.9 Å². The van der Waals surface area contributed by atoms with Gasteiger partial charge >= 0.3 is 5.97 Å². The number of fused-ring (bicyclic) bond motifs is 1. The quantitative estimate of drug-likeness (QED) is 0.733. The second kappa shape index (κ2) is 6.88. The maximum Gasteiger partial charge on any atom is 0.329 e. The predicted octanol–water partition coefficient (Wildman–Crippen LogP) is 5.21. The molecule has 0 aromatic heterocycles. The Morgan fingerprint density at radius 3 is 2.86 bits per heavy atom. The molecule has 29 heavy (non-hydrogen) atoms. The maximum atomic E-state index is 11.0. The second-order valence-corrected chi connectivity index (χ2v) is 9.06. The Labute approximate surface area is 171 Å². The molecule has 2 atom stereocenters. The maximum absolute atomic E-state index is 11.0. The highest BCUT2D eigenvalue weighted by Gasteiger charge is 2.54. The fourth-order valence-corrected chi connectivity index (χ4v) is 4.90. The number of hydrogen-bond acceptors (Lipinski definition) is 3. The summed E-state index contributed by atoms with van der Waals surface area (Å²) < 4.78 is 11.6. The number of carbonyl (C=O) groups is 1. The first-order chi connectivity index (χ1) is 14.0. The van der Waals surface area contributed by atoms with E-state index in [0.29, 0.717) is 5.92 Å². The Bertz CT molecular complexity index is 975. The normalized spacial score (nSPS) is 25.2. The third-order valence-electron chi connectivity index (χ3n) is 6.77.